The Bertz CT molecular complexity index is 1110. The van der Waals surface area contributed by atoms with Crippen molar-refractivity contribution in [2.75, 3.05) is 11.9 Å². The van der Waals surface area contributed by atoms with E-state index in [4.69, 9.17) is 14.6 Å². The van der Waals surface area contributed by atoms with Crippen LogP contribution in [0.15, 0.2) is 48.7 Å². The van der Waals surface area contributed by atoms with E-state index in [0.717, 1.165) is 6.07 Å². The number of carbonyl (C=O) groups excluding carboxylic acids is 1. The van der Waals surface area contributed by atoms with E-state index >= 15 is 0 Å². The molecule has 0 spiro atoms. The lowest BCUT2D eigenvalue weighted by atomic mass is 10.1. The average molecular weight is 429 g/mol. The topological polar surface area (TPSA) is 123 Å². The van der Waals surface area contributed by atoms with Gasteiger partial charge in [-0.05, 0) is 37.3 Å². The van der Waals surface area contributed by atoms with Crippen molar-refractivity contribution < 1.29 is 33.7 Å². The third-order valence-corrected chi connectivity index (χ3v) is 4.10. The number of amides is 1. The first-order valence-electron chi connectivity index (χ1n) is 9.19. The minimum absolute atomic E-state index is 0.0794. The number of rotatable bonds is 8. The van der Waals surface area contributed by atoms with Crippen LogP contribution in [0.2, 0.25) is 0 Å². The minimum atomic E-state index is -1.27. The molecule has 0 saturated heterocycles. The van der Waals surface area contributed by atoms with Crippen molar-refractivity contribution in [1.82, 2.24) is 9.78 Å². The van der Waals surface area contributed by atoms with Crippen LogP contribution < -0.4 is 14.8 Å². The van der Waals surface area contributed by atoms with Gasteiger partial charge in [0.05, 0.1) is 12.2 Å². The number of anilines is 1. The number of halogens is 1. The summed E-state index contributed by atoms with van der Waals surface area (Å²) in [6.45, 7) is 1.37. The zero-order valence-electron chi connectivity index (χ0n) is 16.7. The van der Waals surface area contributed by atoms with Crippen LogP contribution in [-0.4, -0.2) is 44.6 Å². The number of nitrogens with zero attached hydrogens (tertiary/aromatic N) is 2. The zero-order valence-corrected chi connectivity index (χ0v) is 16.7. The van der Waals surface area contributed by atoms with Gasteiger partial charge in [-0.25, -0.2) is 9.18 Å². The van der Waals surface area contributed by atoms with Gasteiger partial charge in [-0.1, -0.05) is 0 Å². The molecule has 0 bridgehead atoms. The fraction of sp³-hybridized carbons (Fsp3) is 0.190. The molecule has 0 radical (unpaired) electrons. The summed E-state index contributed by atoms with van der Waals surface area (Å²) >= 11 is 0. The van der Waals surface area contributed by atoms with Crippen LogP contribution in [0.1, 0.15) is 27.6 Å². The molecule has 0 unspecified atom stereocenters. The first-order chi connectivity index (χ1) is 14.7. The van der Waals surface area contributed by atoms with Crippen LogP contribution in [0.25, 0.3) is 0 Å². The fourth-order valence-corrected chi connectivity index (χ4v) is 2.61. The smallest absolute Gasteiger partial charge is 0.335 e. The molecule has 3 rings (SSSR count). The number of aliphatic hydroxyl groups is 1. The second kappa shape index (κ2) is 9.26. The van der Waals surface area contributed by atoms with Gasteiger partial charge in [0.15, 0.2) is 17.4 Å². The number of hydrogen-bond acceptors (Lipinski definition) is 6. The molecular formula is C21H20FN3O6. The molecule has 0 saturated carbocycles. The van der Waals surface area contributed by atoms with Crippen molar-refractivity contribution in [1.29, 1.82) is 0 Å². The Hall–Kier alpha value is -3.92. The van der Waals surface area contributed by atoms with E-state index < -0.39 is 23.8 Å². The third kappa shape index (κ3) is 5.58. The van der Waals surface area contributed by atoms with E-state index in [1.165, 1.54) is 35.0 Å². The van der Waals surface area contributed by atoms with Crippen molar-refractivity contribution in [2.24, 2.45) is 7.05 Å². The molecule has 0 fully saturated rings. The van der Waals surface area contributed by atoms with E-state index in [1.807, 2.05) is 0 Å². The number of aromatic carboxylic acids is 1. The molecule has 1 atom stereocenters. The lowest BCUT2D eigenvalue weighted by Crippen LogP contribution is -2.17. The van der Waals surface area contributed by atoms with Crippen molar-refractivity contribution in [2.45, 2.75) is 13.0 Å². The summed E-state index contributed by atoms with van der Waals surface area (Å²) in [4.78, 5) is 23.6. The maximum atomic E-state index is 14.3. The van der Waals surface area contributed by atoms with Crippen molar-refractivity contribution >= 4 is 17.7 Å². The molecule has 3 N–H and O–H groups in total. The molecule has 1 amide bonds. The maximum absolute atomic E-state index is 14.3. The normalized spacial score (nSPS) is 11.6. The fourth-order valence-electron chi connectivity index (χ4n) is 2.61. The number of aromatic nitrogens is 2. The van der Waals surface area contributed by atoms with E-state index in [9.17, 15) is 19.1 Å². The monoisotopic (exact) mass is 429 g/mol. The predicted octanol–water partition coefficient (Wildman–Crippen LogP) is 3.06. The highest BCUT2D eigenvalue weighted by Gasteiger charge is 2.16. The molecule has 0 aliphatic rings. The highest BCUT2D eigenvalue weighted by molar-refractivity contribution is 6.04. The lowest BCUT2D eigenvalue weighted by molar-refractivity contribution is 0.0696. The summed E-state index contributed by atoms with van der Waals surface area (Å²) in [5.74, 6) is -2.26. The summed E-state index contributed by atoms with van der Waals surface area (Å²) in [5.41, 5.74) is -0.0833. The molecule has 2 aromatic carbocycles. The Morgan fingerprint density at radius 2 is 1.90 bits per heavy atom. The van der Waals surface area contributed by atoms with Crippen LogP contribution in [0.5, 0.6) is 17.2 Å². The summed E-state index contributed by atoms with van der Waals surface area (Å²) < 4.78 is 26.9. The Morgan fingerprint density at radius 3 is 2.52 bits per heavy atom. The molecule has 0 aliphatic heterocycles. The highest BCUT2D eigenvalue weighted by atomic mass is 19.1. The van der Waals surface area contributed by atoms with Crippen LogP contribution in [0.3, 0.4) is 0 Å². The minimum Gasteiger partial charge on any atom is -0.488 e. The van der Waals surface area contributed by atoms with Crippen LogP contribution in [0, 0.1) is 5.82 Å². The number of benzene rings is 2. The highest BCUT2D eigenvalue weighted by Crippen LogP contribution is 2.30. The van der Waals surface area contributed by atoms with Gasteiger partial charge >= 0.3 is 5.97 Å². The van der Waals surface area contributed by atoms with Gasteiger partial charge in [0.25, 0.3) is 5.91 Å². The summed E-state index contributed by atoms with van der Waals surface area (Å²) in [5, 5.41) is 24.9. The lowest BCUT2D eigenvalue weighted by Gasteiger charge is -2.15. The number of nitrogens with one attached hydrogen (secondary N) is 1. The maximum Gasteiger partial charge on any atom is 0.335 e. The number of aryl methyl sites for hydroxylation is 1. The van der Waals surface area contributed by atoms with E-state index in [0.29, 0.717) is 5.82 Å². The molecule has 9 nitrogen and oxygen atoms in total. The Labute approximate surface area is 176 Å². The molecule has 162 valence electrons. The van der Waals surface area contributed by atoms with E-state index in [-0.39, 0.29) is 35.0 Å². The van der Waals surface area contributed by atoms with Crippen molar-refractivity contribution in [3.05, 3.63) is 65.6 Å². The molecular weight excluding hydrogens is 409 g/mol. The van der Waals surface area contributed by atoms with Gasteiger partial charge < -0.3 is 25.0 Å². The number of hydrogen-bond donors (Lipinski definition) is 3. The number of carbonyl (C=O) groups is 2. The summed E-state index contributed by atoms with van der Waals surface area (Å²) in [7, 11) is 1.70. The Balaban J connectivity index is 1.91. The van der Waals surface area contributed by atoms with Gasteiger partial charge in [0, 0.05) is 30.9 Å². The van der Waals surface area contributed by atoms with Gasteiger partial charge in [-0.3, -0.25) is 9.48 Å². The number of aliphatic hydroxyl groups excluding tert-OH is 1. The quantitative estimate of drug-likeness (QED) is 0.503. The van der Waals surface area contributed by atoms with Crippen LogP contribution in [0.4, 0.5) is 10.2 Å². The SMILES string of the molecule is C[C@@H](CO)Oc1cc(Oc2ccc(C(=O)O)cc2F)cc(C(=O)Nc2ccn(C)n2)c1. The second-order valence-corrected chi connectivity index (χ2v) is 6.69. The molecule has 1 heterocycles. The Kier molecular flexibility index (Phi) is 6.51. The van der Waals surface area contributed by atoms with Crippen molar-refractivity contribution in [3.63, 3.8) is 0 Å². The molecule has 10 heteroatoms. The summed E-state index contributed by atoms with van der Waals surface area (Å²) in [6.07, 6.45) is 1.10. The average Bonchev–Trinajstić information content (AvgIpc) is 3.13. The van der Waals surface area contributed by atoms with Gasteiger partial charge in [-0.15, -0.1) is 0 Å². The third-order valence-electron chi connectivity index (χ3n) is 4.10. The number of ether oxygens (including phenoxy) is 2. The molecule has 1 aromatic heterocycles. The van der Waals surface area contributed by atoms with Crippen LogP contribution >= 0.6 is 0 Å². The van der Waals surface area contributed by atoms with E-state index in [2.05, 4.69) is 10.4 Å². The van der Waals surface area contributed by atoms with Gasteiger partial charge in [-0.2, -0.15) is 5.10 Å². The first-order valence-corrected chi connectivity index (χ1v) is 9.19. The predicted molar refractivity (Wildman–Crippen MR) is 108 cm³/mol. The first kappa shape index (κ1) is 21.8. The second-order valence-electron chi connectivity index (χ2n) is 6.69. The standard InChI is InChI=1S/C21H20FN3O6/c1-12(11-26)30-15-7-14(20(27)23-19-5-6-25(2)24-19)8-16(10-15)31-18-4-3-13(21(28)29)9-17(18)22/h3-10,12,26H,11H2,1-2H3,(H,28,29)(H,23,24,27)/t12-/m0/s1. The zero-order chi connectivity index (χ0) is 22.5. The summed E-state index contributed by atoms with van der Waals surface area (Å²) in [6, 6.07) is 9.07. The molecule has 0 aliphatic carbocycles. The van der Waals surface area contributed by atoms with Gasteiger partial charge in [0.1, 0.15) is 17.6 Å². The largest absolute Gasteiger partial charge is 0.488 e. The number of carboxylic acids is 1. The molecule has 3 aromatic rings. The number of carboxylic acid groups (broad SMARTS) is 1. The van der Waals surface area contributed by atoms with Crippen LogP contribution in [-0.2, 0) is 7.05 Å². The van der Waals surface area contributed by atoms with E-state index in [1.54, 1.807) is 26.2 Å². The Morgan fingerprint density at radius 1 is 1.16 bits per heavy atom. The van der Waals surface area contributed by atoms with Crippen molar-refractivity contribution in [3.8, 4) is 17.2 Å². The van der Waals surface area contributed by atoms with Gasteiger partial charge in [0.2, 0.25) is 0 Å². The molecule has 31 heavy (non-hydrogen) atoms.